The van der Waals surface area contributed by atoms with E-state index in [1.54, 1.807) is 12.4 Å². The maximum atomic E-state index is 9.10. The molecule has 1 aliphatic carbocycles. The molecule has 120 valence electrons. The minimum Gasteiger partial charge on any atom is -0.411 e. The summed E-state index contributed by atoms with van der Waals surface area (Å²) in [5.41, 5.74) is 6.90. The van der Waals surface area contributed by atoms with E-state index < -0.39 is 0 Å². The number of rotatable bonds is 2. The molecule has 6 nitrogen and oxygen atoms in total. The Labute approximate surface area is 142 Å². The van der Waals surface area contributed by atoms with Gasteiger partial charge in [-0.25, -0.2) is 15.0 Å². The van der Waals surface area contributed by atoms with Gasteiger partial charge >= 0.3 is 0 Å². The van der Waals surface area contributed by atoms with E-state index >= 15 is 0 Å². The van der Waals surface area contributed by atoms with Crippen molar-refractivity contribution in [3.8, 4) is 22.5 Å². The lowest BCUT2D eigenvalue weighted by molar-refractivity contribution is 0.320. The maximum absolute atomic E-state index is 9.10. The van der Waals surface area contributed by atoms with Gasteiger partial charge in [0.05, 0.1) is 12.4 Å². The topological polar surface area (TPSA) is 87.1 Å². The van der Waals surface area contributed by atoms with Crippen molar-refractivity contribution >= 4 is 17.4 Å². The van der Waals surface area contributed by atoms with Crippen LogP contribution in [0.4, 0.5) is 0 Å². The van der Waals surface area contributed by atoms with Crippen LogP contribution in [0.15, 0.2) is 60.1 Å². The molecule has 2 N–H and O–H groups in total. The molecule has 6 heteroatoms. The number of nitrogens with zero attached hydrogens (tertiary/aromatic N) is 4. The predicted octanol–water partition coefficient (Wildman–Crippen LogP) is 3.59. The van der Waals surface area contributed by atoms with Gasteiger partial charge in [0, 0.05) is 11.5 Å². The van der Waals surface area contributed by atoms with Crippen LogP contribution < -0.4 is 0 Å². The zero-order chi connectivity index (χ0) is 16.8. The fourth-order valence-electron chi connectivity index (χ4n) is 3.61. The number of hydrogen-bond donors (Lipinski definition) is 2. The second-order valence-corrected chi connectivity index (χ2v) is 5.94. The molecule has 25 heavy (non-hydrogen) atoms. The number of benzene rings is 2. The van der Waals surface area contributed by atoms with Crippen molar-refractivity contribution in [3.63, 3.8) is 0 Å². The minimum absolute atomic E-state index is 0.0691. The van der Waals surface area contributed by atoms with Gasteiger partial charge in [-0.05, 0) is 22.3 Å². The van der Waals surface area contributed by atoms with Crippen molar-refractivity contribution in [3.05, 3.63) is 66.1 Å². The number of nitrogens with one attached hydrogen (secondary N) is 1. The lowest BCUT2D eigenvalue weighted by Crippen LogP contribution is -1.97. The van der Waals surface area contributed by atoms with E-state index in [0.29, 0.717) is 5.65 Å². The summed E-state index contributed by atoms with van der Waals surface area (Å²) in [5.74, 6) is 0.684. The third kappa shape index (κ3) is 1.97. The van der Waals surface area contributed by atoms with Gasteiger partial charge in [-0.15, -0.1) is 5.16 Å². The summed E-state index contributed by atoms with van der Waals surface area (Å²) in [7, 11) is 0. The monoisotopic (exact) mass is 327 g/mol. The average Bonchev–Trinajstić information content (AvgIpc) is 3.22. The molecule has 1 unspecified atom stereocenters. The van der Waals surface area contributed by atoms with E-state index in [0.717, 1.165) is 39.2 Å². The van der Waals surface area contributed by atoms with Gasteiger partial charge < -0.3 is 10.2 Å². The summed E-state index contributed by atoms with van der Waals surface area (Å²) in [5, 5.41) is 12.4. The van der Waals surface area contributed by atoms with Crippen molar-refractivity contribution < 1.29 is 5.21 Å². The molecule has 0 fully saturated rings. The summed E-state index contributed by atoms with van der Waals surface area (Å²) in [4.78, 5) is 16.2. The van der Waals surface area contributed by atoms with Crippen LogP contribution in [-0.4, -0.2) is 31.4 Å². The van der Waals surface area contributed by atoms with E-state index in [-0.39, 0.29) is 5.92 Å². The maximum Gasteiger partial charge on any atom is 0.181 e. The molecule has 0 radical (unpaired) electrons. The van der Waals surface area contributed by atoms with Crippen molar-refractivity contribution in [2.24, 2.45) is 5.16 Å². The van der Waals surface area contributed by atoms with E-state index in [9.17, 15) is 0 Å². The van der Waals surface area contributed by atoms with E-state index in [2.05, 4.69) is 43.3 Å². The third-order valence-electron chi connectivity index (χ3n) is 4.63. The smallest absolute Gasteiger partial charge is 0.181 e. The van der Waals surface area contributed by atoms with E-state index in [4.69, 9.17) is 5.21 Å². The van der Waals surface area contributed by atoms with Gasteiger partial charge in [0.2, 0.25) is 0 Å². The summed E-state index contributed by atoms with van der Waals surface area (Å²) in [6, 6.07) is 14.3. The van der Waals surface area contributed by atoms with Gasteiger partial charge in [-0.1, -0.05) is 42.5 Å². The van der Waals surface area contributed by atoms with Crippen molar-refractivity contribution in [2.45, 2.75) is 5.92 Å². The molecule has 5 rings (SSSR count). The fourth-order valence-corrected chi connectivity index (χ4v) is 3.61. The molecule has 2 aromatic heterocycles. The first kappa shape index (κ1) is 13.9. The lowest BCUT2D eigenvalue weighted by atomic mass is 9.96. The Morgan fingerprint density at radius 3 is 2.76 bits per heavy atom. The summed E-state index contributed by atoms with van der Waals surface area (Å²) in [6.45, 7) is 0. The van der Waals surface area contributed by atoms with Crippen LogP contribution in [0.25, 0.3) is 33.7 Å². The number of aromatic amines is 1. The number of imidazole rings is 1. The SMILES string of the molecule is ON=CC1c2ccccc2-c2c(-c3nc4ncncc4[nH]3)cccc21. The Bertz CT molecular complexity index is 1100. The molecule has 0 amide bonds. The first-order chi connectivity index (χ1) is 12.4. The average molecular weight is 327 g/mol. The highest BCUT2D eigenvalue weighted by Gasteiger charge is 2.30. The van der Waals surface area contributed by atoms with Gasteiger partial charge in [0.1, 0.15) is 17.7 Å². The Hall–Kier alpha value is -3.54. The van der Waals surface area contributed by atoms with Crippen molar-refractivity contribution in [1.29, 1.82) is 0 Å². The summed E-state index contributed by atoms with van der Waals surface area (Å²) < 4.78 is 0. The Morgan fingerprint density at radius 1 is 1.04 bits per heavy atom. The first-order valence-electron chi connectivity index (χ1n) is 7.92. The number of H-pyrrole nitrogens is 1. The minimum atomic E-state index is -0.0691. The molecule has 0 aliphatic heterocycles. The second kappa shape index (κ2) is 5.24. The fraction of sp³-hybridized carbons (Fsp3) is 0.0526. The Balaban J connectivity index is 1.80. The van der Waals surface area contributed by atoms with Gasteiger partial charge in [-0.3, -0.25) is 0 Å². The molecule has 0 spiro atoms. The van der Waals surface area contributed by atoms with Crippen molar-refractivity contribution in [1.82, 2.24) is 19.9 Å². The highest BCUT2D eigenvalue weighted by molar-refractivity contribution is 5.96. The first-order valence-corrected chi connectivity index (χ1v) is 7.92. The standard InChI is InChI=1S/C19H13N5O/c25-22-8-15-11-4-1-2-5-12(11)17-13(15)6-3-7-14(17)18-23-16-9-20-10-21-19(16)24-18/h1-10,15,25H,(H,20,21,23,24). The van der Waals surface area contributed by atoms with Crippen LogP contribution in [0.3, 0.4) is 0 Å². The third-order valence-corrected chi connectivity index (χ3v) is 4.63. The number of aromatic nitrogens is 4. The molecule has 2 aromatic carbocycles. The predicted molar refractivity (Wildman–Crippen MR) is 94.7 cm³/mol. The Kier molecular flexibility index (Phi) is 2.90. The zero-order valence-electron chi connectivity index (χ0n) is 13.1. The molecule has 0 saturated carbocycles. The van der Waals surface area contributed by atoms with Crippen LogP contribution in [0.1, 0.15) is 17.0 Å². The Morgan fingerprint density at radius 2 is 1.88 bits per heavy atom. The molecule has 0 saturated heterocycles. The van der Waals surface area contributed by atoms with Gasteiger partial charge in [0.25, 0.3) is 0 Å². The van der Waals surface area contributed by atoms with Crippen LogP contribution in [0, 0.1) is 0 Å². The molecule has 4 aromatic rings. The molecule has 1 atom stereocenters. The van der Waals surface area contributed by atoms with Gasteiger partial charge in [-0.2, -0.15) is 0 Å². The highest BCUT2D eigenvalue weighted by Crippen LogP contribution is 2.47. The molecule has 2 heterocycles. The summed E-state index contributed by atoms with van der Waals surface area (Å²) in [6.07, 6.45) is 4.78. The molecular formula is C19H13N5O. The highest BCUT2D eigenvalue weighted by atomic mass is 16.4. The quantitative estimate of drug-likeness (QED) is 0.334. The molecule has 0 bridgehead atoms. The zero-order valence-corrected chi connectivity index (χ0v) is 13.1. The van der Waals surface area contributed by atoms with Gasteiger partial charge in [0.15, 0.2) is 5.65 Å². The van der Waals surface area contributed by atoms with E-state index in [1.807, 2.05) is 24.3 Å². The van der Waals surface area contributed by atoms with Crippen LogP contribution in [0.2, 0.25) is 0 Å². The summed E-state index contributed by atoms with van der Waals surface area (Å²) >= 11 is 0. The van der Waals surface area contributed by atoms with Crippen LogP contribution in [0.5, 0.6) is 0 Å². The van der Waals surface area contributed by atoms with Crippen LogP contribution >= 0.6 is 0 Å². The second-order valence-electron chi connectivity index (χ2n) is 5.94. The number of hydrogen-bond acceptors (Lipinski definition) is 5. The van der Waals surface area contributed by atoms with Crippen molar-refractivity contribution in [2.75, 3.05) is 0 Å². The largest absolute Gasteiger partial charge is 0.411 e. The normalized spacial score (nSPS) is 15.6. The van der Waals surface area contributed by atoms with E-state index in [1.165, 1.54) is 6.33 Å². The molecule has 1 aliphatic rings. The molecular weight excluding hydrogens is 314 g/mol. The number of oxime groups is 1. The van der Waals surface area contributed by atoms with Crippen LogP contribution in [-0.2, 0) is 0 Å². The lowest BCUT2D eigenvalue weighted by Gasteiger charge is -2.08. The number of fused-ring (bicyclic) bond motifs is 4.